The predicted octanol–water partition coefficient (Wildman–Crippen LogP) is 5.05. The molecule has 1 aliphatic rings. The average Bonchev–Trinajstić information content (AvgIpc) is 3.18. The van der Waals surface area contributed by atoms with Gasteiger partial charge in [-0.25, -0.2) is 9.59 Å². The lowest BCUT2D eigenvalue weighted by Crippen LogP contribution is -2.45. The van der Waals surface area contributed by atoms with Crippen molar-refractivity contribution in [3.05, 3.63) is 82.3 Å². The molecule has 1 aromatic heterocycles. The van der Waals surface area contributed by atoms with Gasteiger partial charge in [0.15, 0.2) is 0 Å². The van der Waals surface area contributed by atoms with Crippen molar-refractivity contribution in [2.75, 3.05) is 26.2 Å². The molecule has 0 saturated carbocycles. The fraction of sp³-hybridized carbons (Fsp3) is 0.286. The molecule has 5 rings (SSSR count). The number of carboxylic acid groups (broad SMARTS) is 2. The second-order valence-electron chi connectivity index (χ2n) is 8.91. The van der Waals surface area contributed by atoms with Crippen molar-refractivity contribution in [3.8, 4) is 0 Å². The van der Waals surface area contributed by atoms with Crippen LogP contribution in [0.4, 0.5) is 0 Å². The summed E-state index contributed by atoms with van der Waals surface area (Å²) in [6.45, 7) is 9.82. The minimum Gasteiger partial charge on any atom is -0.473 e. The van der Waals surface area contributed by atoms with Gasteiger partial charge in [0, 0.05) is 72.1 Å². The first kappa shape index (κ1) is 25.9. The fourth-order valence-corrected chi connectivity index (χ4v) is 5.24. The number of rotatable bonds is 5. The number of hydrogen-bond acceptors (Lipinski definition) is 4. The summed E-state index contributed by atoms with van der Waals surface area (Å²) in [5.74, 6) is -3.65. The normalized spacial score (nSPS) is 14.5. The second kappa shape index (κ2) is 11.7. The Labute approximate surface area is 218 Å². The molecule has 1 saturated heterocycles. The van der Waals surface area contributed by atoms with E-state index in [0.717, 1.165) is 45.8 Å². The van der Waals surface area contributed by atoms with Gasteiger partial charge in [-0.1, -0.05) is 52.3 Å². The Morgan fingerprint density at radius 3 is 1.92 bits per heavy atom. The van der Waals surface area contributed by atoms with Crippen LogP contribution >= 0.6 is 15.9 Å². The molecule has 0 spiro atoms. The van der Waals surface area contributed by atoms with Crippen molar-refractivity contribution in [2.45, 2.75) is 26.6 Å². The van der Waals surface area contributed by atoms with Crippen LogP contribution in [-0.4, -0.2) is 62.7 Å². The highest BCUT2D eigenvalue weighted by Gasteiger charge is 2.18. The van der Waals surface area contributed by atoms with Gasteiger partial charge in [0.2, 0.25) is 0 Å². The molecule has 3 aromatic carbocycles. The third-order valence-electron chi connectivity index (χ3n) is 6.50. The van der Waals surface area contributed by atoms with Gasteiger partial charge < -0.3 is 14.8 Å². The molecule has 4 aromatic rings. The van der Waals surface area contributed by atoms with E-state index in [2.05, 4.69) is 104 Å². The third-order valence-corrected chi connectivity index (χ3v) is 7.00. The zero-order valence-electron chi connectivity index (χ0n) is 20.2. The van der Waals surface area contributed by atoms with Gasteiger partial charge >= 0.3 is 11.9 Å². The third kappa shape index (κ3) is 6.13. The molecule has 1 aliphatic heterocycles. The van der Waals surface area contributed by atoms with E-state index in [4.69, 9.17) is 19.8 Å². The summed E-state index contributed by atoms with van der Waals surface area (Å²) >= 11 is 3.58. The molecule has 0 atom stereocenters. The molecule has 0 amide bonds. The SMILES string of the molecule is CCn1c2ccccc2c2cc(CN3CCN(Cc4cccc(Br)c4)CC3)ccc21.O=C(O)C(=O)O. The largest absolute Gasteiger partial charge is 0.473 e. The Morgan fingerprint density at radius 1 is 0.750 bits per heavy atom. The van der Waals surface area contributed by atoms with E-state index in [1.165, 1.54) is 37.4 Å². The highest BCUT2D eigenvalue weighted by molar-refractivity contribution is 9.10. The Kier molecular flexibility index (Phi) is 8.40. The number of hydrogen-bond donors (Lipinski definition) is 2. The summed E-state index contributed by atoms with van der Waals surface area (Å²) < 4.78 is 3.59. The average molecular weight is 552 g/mol. The molecule has 0 bridgehead atoms. The van der Waals surface area contributed by atoms with Crippen molar-refractivity contribution in [3.63, 3.8) is 0 Å². The van der Waals surface area contributed by atoms with Crippen LogP contribution in [0.5, 0.6) is 0 Å². The number of carbonyl (C=O) groups is 2. The maximum atomic E-state index is 9.10. The lowest BCUT2D eigenvalue weighted by molar-refractivity contribution is -0.159. The molecule has 7 nitrogen and oxygen atoms in total. The summed E-state index contributed by atoms with van der Waals surface area (Å²) in [7, 11) is 0. The lowest BCUT2D eigenvalue weighted by atomic mass is 10.1. The quantitative estimate of drug-likeness (QED) is 0.337. The molecule has 1 fully saturated rings. The molecular weight excluding hydrogens is 522 g/mol. The van der Waals surface area contributed by atoms with Crippen LogP contribution in [-0.2, 0) is 29.2 Å². The number of carboxylic acids is 2. The Morgan fingerprint density at radius 2 is 1.33 bits per heavy atom. The number of fused-ring (bicyclic) bond motifs is 3. The van der Waals surface area contributed by atoms with Crippen molar-refractivity contribution < 1.29 is 19.8 Å². The number of halogens is 1. The van der Waals surface area contributed by atoms with Gasteiger partial charge in [-0.3, -0.25) is 9.80 Å². The highest BCUT2D eigenvalue weighted by atomic mass is 79.9. The Bertz CT molecular complexity index is 1360. The van der Waals surface area contributed by atoms with Gasteiger partial charge in [-0.15, -0.1) is 0 Å². The molecule has 36 heavy (non-hydrogen) atoms. The zero-order valence-corrected chi connectivity index (χ0v) is 21.8. The molecule has 8 heteroatoms. The Hall–Kier alpha value is -3.20. The van der Waals surface area contributed by atoms with Gasteiger partial charge in [0.05, 0.1) is 0 Å². The van der Waals surface area contributed by atoms with E-state index in [1.54, 1.807) is 0 Å². The number of benzene rings is 3. The lowest BCUT2D eigenvalue weighted by Gasteiger charge is -2.34. The van der Waals surface area contributed by atoms with E-state index in [-0.39, 0.29) is 0 Å². The summed E-state index contributed by atoms with van der Waals surface area (Å²) in [5, 5.41) is 17.5. The van der Waals surface area contributed by atoms with Crippen molar-refractivity contribution >= 4 is 49.7 Å². The molecular formula is C28H30BrN3O4. The van der Waals surface area contributed by atoms with Crippen LogP contribution in [0, 0.1) is 0 Å². The maximum Gasteiger partial charge on any atom is 0.414 e. The van der Waals surface area contributed by atoms with Crippen LogP contribution in [0.15, 0.2) is 71.2 Å². The van der Waals surface area contributed by atoms with Gasteiger partial charge in [-0.05, 0) is 48.4 Å². The fourth-order valence-electron chi connectivity index (χ4n) is 4.80. The van der Waals surface area contributed by atoms with Crippen LogP contribution in [0.2, 0.25) is 0 Å². The smallest absolute Gasteiger partial charge is 0.414 e. The first-order valence-electron chi connectivity index (χ1n) is 12.0. The monoisotopic (exact) mass is 551 g/mol. The van der Waals surface area contributed by atoms with Crippen molar-refractivity contribution in [2.24, 2.45) is 0 Å². The molecule has 0 radical (unpaired) electrons. The number of aromatic nitrogens is 1. The summed E-state index contributed by atoms with van der Waals surface area (Å²) in [4.78, 5) is 23.4. The molecule has 0 unspecified atom stereocenters. The number of piperazine rings is 1. The van der Waals surface area contributed by atoms with E-state index in [9.17, 15) is 0 Å². The summed E-state index contributed by atoms with van der Waals surface area (Å²) in [5.41, 5.74) is 5.49. The minimum atomic E-state index is -1.82. The van der Waals surface area contributed by atoms with Crippen LogP contribution in [0.1, 0.15) is 18.1 Å². The minimum absolute atomic E-state index is 1.00. The molecule has 2 N–H and O–H groups in total. The topological polar surface area (TPSA) is 86.0 Å². The number of para-hydroxylation sites is 1. The Balaban J connectivity index is 0.000000455. The number of aryl methyl sites for hydroxylation is 1. The molecule has 2 heterocycles. The van der Waals surface area contributed by atoms with E-state index in [1.807, 2.05) is 0 Å². The van der Waals surface area contributed by atoms with E-state index in [0.29, 0.717) is 0 Å². The highest BCUT2D eigenvalue weighted by Crippen LogP contribution is 2.30. The zero-order chi connectivity index (χ0) is 25.7. The van der Waals surface area contributed by atoms with Crippen molar-refractivity contribution in [1.29, 1.82) is 0 Å². The number of aliphatic carboxylic acids is 2. The maximum absolute atomic E-state index is 9.10. The van der Waals surface area contributed by atoms with Crippen molar-refractivity contribution in [1.82, 2.24) is 14.4 Å². The van der Waals surface area contributed by atoms with E-state index >= 15 is 0 Å². The summed E-state index contributed by atoms with van der Waals surface area (Å²) in [6, 6.07) is 24.5. The van der Waals surface area contributed by atoms with Gasteiger partial charge in [-0.2, -0.15) is 0 Å². The van der Waals surface area contributed by atoms with Gasteiger partial charge in [0.1, 0.15) is 0 Å². The van der Waals surface area contributed by atoms with Gasteiger partial charge in [0.25, 0.3) is 0 Å². The molecule has 0 aliphatic carbocycles. The number of nitrogens with zero attached hydrogens (tertiary/aromatic N) is 3. The summed E-state index contributed by atoms with van der Waals surface area (Å²) in [6.07, 6.45) is 0. The predicted molar refractivity (Wildman–Crippen MR) is 145 cm³/mol. The second-order valence-corrected chi connectivity index (χ2v) is 9.82. The first-order valence-corrected chi connectivity index (χ1v) is 12.8. The van der Waals surface area contributed by atoms with E-state index < -0.39 is 11.9 Å². The van der Waals surface area contributed by atoms with Crippen LogP contribution in [0.3, 0.4) is 0 Å². The standard InChI is InChI=1S/C26H28BrN3.C2H2O4/c1-2-30-25-9-4-3-8-23(25)24-17-21(10-11-26(24)30)19-29-14-12-28(13-15-29)18-20-6-5-7-22(27)16-20;3-1(4)2(5)6/h3-11,16-17H,2,12-15,18-19H2,1H3;(H,3,4)(H,5,6). The van der Waals surface area contributed by atoms with Crippen LogP contribution < -0.4 is 0 Å². The molecule has 188 valence electrons. The first-order chi connectivity index (χ1) is 17.4. The van der Waals surface area contributed by atoms with Crippen LogP contribution in [0.25, 0.3) is 21.8 Å².